The monoisotopic (exact) mass is 1960 g/mol. The molecule has 3 N–H and O–H groups in total. The smallest absolute Gasteiger partial charge is 0.330 e. The van der Waals surface area contributed by atoms with E-state index in [2.05, 4.69) is 50.8 Å². The van der Waals surface area contributed by atoms with E-state index in [1.807, 2.05) is 53.7 Å². The van der Waals surface area contributed by atoms with Gasteiger partial charge < -0.3 is 67.4 Å². The van der Waals surface area contributed by atoms with Crippen LogP contribution in [0.1, 0.15) is 214 Å². The topological polar surface area (TPSA) is 389 Å². The van der Waals surface area contributed by atoms with Gasteiger partial charge in [0.25, 0.3) is 11.4 Å². The minimum Gasteiger partial charge on any atom is -0.507 e. The number of allylic oxidation sites excluding steroid dienone is 2. The molecule has 0 atom stereocenters. The highest BCUT2D eigenvalue weighted by molar-refractivity contribution is 8.26. The van der Waals surface area contributed by atoms with Crippen LogP contribution in [0.15, 0.2) is 162 Å². The van der Waals surface area contributed by atoms with Crippen molar-refractivity contribution in [3.05, 3.63) is 177 Å². The number of rotatable bonds is 38. The maximum atomic E-state index is 14.1. The van der Waals surface area contributed by atoms with E-state index in [0.29, 0.717) is 190 Å². The number of hydrogen-bond donors (Lipinski definition) is 3. The highest BCUT2D eigenvalue weighted by Crippen LogP contribution is 2.63. The standard InChI is InChI=1S/C60H68N2O14S2.C23H30O7.C14H12N2O2S2.CH4.Cl2OS/c1-7-50(63)71-35-15-11-9-13-33-69-43-25-29-45(30-26-43)73-55(65)39-17-21-41(22-18-39)57(67)75-49-37-47(60(3,4)5)52(54-53(49)77-59(78-54)48(38-61)62-6)76-58(68)42-23-19-40(20-24-42)56(66)74-46-31-27-44(28-32-46)70-34-14-10-12-16-36-72-51(64)8-2;1-2-21(24)29-16-6-4-3-5-15-28-19-11-13-20(14-12-19)30-23(27)18-9-7-17(8-10-18)22(25)26;1-14(2,3)7-5-9(17)11-12(10(7)18)20-13(19-11)8(6-15)16-4;;1-4(2)3/h7-8,25-32,37,39-42H,1-2,9-24,33-36H2,3-5H3;2,11-14,17-18H,1,3-10,15-16H2,(H,25,26);5,17-18H,1-3H3;1H4;/b59-48-;;13-8-;;. The van der Waals surface area contributed by atoms with E-state index in [4.69, 9.17) is 79.8 Å². The van der Waals surface area contributed by atoms with Crippen LogP contribution in [0.4, 0.5) is 0 Å². The molecule has 28 nitrogen and oxygen atoms in total. The van der Waals surface area contributed by atoms with Crippen molar-refractivity contribution < 1.29 is 115 Å². The van der Waals surface area contributed by atoms with Crippen LogP contribution in [-0.4, -0.2) is 113 Å². The zero-order valence-corrected chi connectivity index (χ0v) is 80.2. The number of unbranched alkanes of at least 4 members (excludes halogenated alkanes) is 9. The van der Waals surface area contributed by atoms with E-state index >= 15 is 0 Å². The maximum absolute atomic E-state index is 14.1. The van der Waals surface area contributed by atoms with Crippen LogP contribution in [0, 0.1) is 71.3 Å². The number of fused-ring (bicyclic) bond motifs is 2. The molecule has 714 valence electrons. The number of nitriles is 2. The Bertz CT molecular complexity index is 5100. The van der Waals surface area contributed by atoms with Crippen molar-refractivity contribution in [1.82, 2.24) is 0 Å². The summed E-state index contributed by atoms with van der Waals surface area (Å²) < 4.78 is 71.5. The molecule has 3 fully saturated rings. The van der Waals surface area contributed by atoms with Crippen LogP contribution in [0.25, 0.3) is 9.69 Å². The Balaban J connectivity index is 0.000000398. The van der Waals surface area contributed by atoms with Gasteiger partial charge in [-0.1, -0.05) is 116 Å². The van der Waals surface area contributed by atoms with Crippen LogP contribution in [0.3, 0.4) is 0 Å². The molecule has 3 saturated carbocycles. The third kappa shape index (κ3) is 36.8. The number of ether oxygens (including phenoxy) is 11. The summed E-state index contributed by atoms with van der Waals surface area (Å²) in [6.07, 6.45) is 19.3. The summed E-state index contributed by atoms with van der Waals surface area (Å²) in [4.78, 5) is 120. The zero-order chi connectivity index (χ0) is 96.5. The summed E-state index contributed by atoms with van der Waals surface area (Å²) in [5, 5.41) is 48.3. The minimum atomic E-state index is -1.67. The Hall–Kier alpha value is -10.9. The third-order valence-electron chi connectivity index (χ3n) is 21.5. The quantitative estimate of drug-likeness (QED) is 0.00380. The highest BCUT2D eigenvalue weighted by Gasteiger charge is 2.41. The number of hydrogen-bond acceptors (Lipinski definition) is 29. The Kier molecular flexibility index (Phi) is 47.5. The van der Waals surface area contributed by atoms with Gasteiger partial charge in [-0.2, -0.15) is 0 Å². The zero-order valence-electron chi connectivity index (χ0n) is 74.6. The molecule has 5 aromatic rings. The molecule has 5 aromatic carbocycles. The Morgan fingerprint density at radius 2 is 0.707 bits per heavy atom. The summed E-state index contributed by atoms with van der Waals surface area (Å²) in [6.45, 7) is 39.2. The molecule has 0 spiro atoms. The molecular formula is C98H114Cl2N4O24S5. The largest absolute Gasteiger partial charge is 0.507 e. The summed E-state index contributed by atoms with van der Waals surface area (Å²) in [5.74, 6) is -2.53. The average Bonchev–Trinajstić information content (AvgIpc) is 1.64. The first-order valence-electron chi connectivity index (χ1n) is 43.3. The van der Waals surface area contributed by atoms with Crippen LogP contribution < -0.4 is 37.9 Å². The van der Waals surface area contributed by atoms with Gasteiger partial charge in [-0.25, -0.2) is 38.8 Å². The summed E-state index contributed by atoms with van der Waals surface area (Å²) in [6, 6.07) is 27.7. The van der Waals surface area contributed by atoms with E-state index < -0.39 is 74.1 Å². The molecule has 35 heteroatoms. The van der Waals surface area contributed by atoms with Crippen molar-refractivity contribution >= 4 is 131 Å². The van der Waals surface area contributed by atoms with Crippen LogP contribution in [0.2, 0.25) is 0 Å². The van der Waals surface area contributed by atoms with Crippen molar-refractivity contribution in [2.24, 2.45) is 35.5 Å². The lowest BCUT2D eigenvalue weighted by molar-refractivity contribution is -0.146. The molecule has 0 bridgehead atoms. The number of carbonyl (C=O) groups excluding carboxylic acids is 8. The molecule has 0 saturated heterocycles. The number of benzene rings is 5. The van der Waals surface area contributed by atoms with Crippen LogP contribution in [-0.2, 0) is 77.4 Å². The van der Waals surface area contributed by atoms with Crippen molar-refractivity contribution in [2.45, 2.75) is 233 Å². The second-order valence-corrected chi connectivity index (χ2v) is 40.2. The summed E-state index contributed by atoms with van der Waals surface area (Å²) in [5.41, 5.74) is 0.124. The lowest BCUT2D eigenvalue weighted by Gasteiger charge is -2.29. The SMILES string of the molecule is C.C=CC(=O)OCCCCCCOc1ccc(OC(=O)C2CCC(C(=O)O)CC2)cc1.O=S(Cl)Cl.[C-]#[N+]/C(C#N)=C1/Sc2c(O)cc(C(C)(C)C)c(O)c2S1.[C-]#[N+]/C(C#N)=C1/Sc2c(OC(=O)C3CCC(C(=O)Oc4ccc(OCCCCCCOC(=O)C=C)cc4)CC3)cc(C(C)(C)C)c(OC(=O)C3CCC(C(=O)Oc4ccc(OCCCCCCOC(=O)C=C)cc4)CC3)c2S1. The fraction of sp³-hybridized carbons (Fsp3) is 0.459. The molecule has 2 aliphatic heterocycles. The number of carbonyl (C=O) groups is 9. The first kappa shape index (κ1) is 111. The van der Waals surface area contributed by atoms with Crippen LogP contribution >= 0.6 is 68.4 Å². The molecule has 3 aliphatic carbocycles. The van der Waals surface area contributed by atoms with Crippen molar-refractivity contribution in [2.75, 3.05) is 39.6 Å². The predicted octanol–water partition coefficient (Wildman–Crippen LogP) is 22.8. The first-order valence-corrected chi connectivity index (χ1v) is 49.4. The first-order chi connectivity index (χ1) is 63.1. The number of aromatic hydroxyl groups is 2. The number of esters is 8. The van der Waals surface area contributed by atoms with E-state index in [-0.39, 0.29) is 77.0 Å². The van der Waals surface area contributed by atoms with Gasteiger partial charge in [0.2, 0.25) is 9.23 Å². The fourth-order valence-electron chi connectivity index (χ4n) is 14.2. The molecule has 133 heavy (non-hydrogen) atoms. The molecule has 10 rings (SSSR count). The van der Waals surface area contributed by atoms with Gasteiger partial charge in [0.05, 0.1) is 128 Å². The van der Waals surface area contributed by atoms with E-state index in [1.165, 1.54) is 0 Å². The molecule has 0 unspecified atom stereocenters. The fourth-order valence-corrected chi connectivity index (χ4v) is 19.1. The van der Waals surface area contributed by atoms with Gasteiger partial charge in [0.15, 0.2) is 0 Å². The Labute approximate surface area is 806 Å². The number of aliphatic carboxylic acids is 1. The number of carboxylic acids is 1. The minimum absolute atomic E-state index is 0. The molecule has 0 aromatic heterocycles. The average molecular weight is 1960 g/mol. The number of nitrogens with zero attached hydrogens (tertiary/aromatic N) is 4. The molecule has 0 radical (unpaired) electrons. The maximum Gasteiger partial charge on any atom is 0.330 e. The Morgan fingerprint density at radius 3 is 1.01 bits per heavy atom. The normalized spacial score (nSPS) is 17.6. The lowest BCUT2D eigenvalue weighted by atomic mass is 9.82. The van der Waals surface area contributed by atoms with Crippen LogP contribution in [0.5, 0.6) is 57.5 Å². The predicted molar refractivity (Wildman–Crippen MR) is 509 cm³/mol. The molecule has 0 amide bonds. The highest BCUT2D eigenvalue weighted by atomic mass is 36.0. The van der Waals surface area contributed by atoms with Gasteiger partial charge in [0, 0.05) is 50.7 Å². The molecule has 5 aliphatic rings. The third-order valence-corrected chi connectivity index (χ3v) is 26.7. The van der Waals surface area contributed by atoms with E-state index in [0.717, 1.165) is 142 Å². The lowest BCUT2D eigenvalue weighted by Crippen LogP contribution is -2.31. The van der Waals surface area contributed by atoms with Gasteiger partial charge >= 0.3 is 53.7 Å². The number of thioether (sulfide) groups is 4. The Morgan fingerprint density at radius 1 is 0.429 bits per heavy atom. The number of carboxylic acid groups (broad SMARTS) is 1. The molecule has 2 heterocycles. The van der Waals surface area contributed by atoms with Crippen molar-refractivity contribution in [3.63, 3.8) is 0 Å². The van der Waals surface area contributed by atoms with Crippen molar-refractivity contribution in [1.29, 1.82) is 10.5 Å². The number of halogens is 2. The van der Waals surface area contributed by atoms with Gasteiger partial charge in [0.1, 0.15) is 57.5 Å². The van der Waals surface area contributed by atoms with Gasteiger partial charge in [-0.15, -0.1) is 0 Å². The number of phenols is 2. The van der Waals surface area contributed by atoms with E-state index in [1.54, 1.807) is 84.9 Å². The molecular weight excluding hydrogens is 1850 g/mol. The van der Waals surface area contributed by atoms with Gasteiger partial charge in [-0.05, 0) is 250 Å². The number of phenolic OH excluding ortho intramolecular Hbond substituents is 2. The van der Waals surface area contributed by atoms with Gasteiger partial charge in [-0.3, -0.25) is 28.8 Å². The van der Waals surface area contributed by atoms with Crippen molar-refractivity contribution in [3.8, 4) is 69.6 Å². The van der Waals surface area contributed by atoms with E-state index in [9.17, 15) is 58.6 Å². The second-order valence-electron chi connectivity index (χ2n) is 33.1. The second kappa shape index (κ2) is 57.0. The summed E-state index contributed by atoms with van der Waals surface area (Å²) in [7, 11) is 7.36. The summed E-state index contributed by atoms with van der Waals surface area (Å²) >= 11 is 4.55.